The van der Waals surface area contributed by atoms with Gasteiger partial charge in [-0.25, -0.2) is 8.42 Å². The summed E-state index contributed by atoms with van der Waals surface area (Å²) in [6.07, 6.45) is 0.200. The summed E-state index contributed by atoms with van der Waals surface area (Å²) in [5.41, 5.74) is 4.03. The topological polar surface area (TPSA) is 93.5 Å². The van der Waals surface area contributed by atoms with E-state index in [2.05, 4.69) is 10.4 Å². The summed E-state index contributed by atoms with van der Waals surface area (Å²) >= 11 is 0. The van der Waals surface area contributed by atoms with Gasteiger partial charge in [-0.3, -0.25) is 9.48 Å². The van der Waals surface area contributed by atoms with Gasteiger partial charge in [-0.05, 0) is 51.0 Å². The minimum Gasteiger partial charge on any atom is -0.379 e. The molecule has 1 N–H and O–H groups in total. The first-order valence-corrected chi connectivity index (χ1v) is 11.1. The monoisotopic (exact) mass is 420 g/mol. The Hall–Kier alpha value is -2.23. The minimum atomic E-state index is -3.63. The lowest BCUT2D eigenvalue weighted by atomic mass is 10.1. The van der Waals surface area contributed by atoms with Gasteiger partial charge >= 0.3 is 0 Å². The van der Waals surface area contributed by atoms with Crippen LogP contribution in [0.3, 0.4) is 0 Å². The normalized spacial score (nSPS) is 15.4. The third-order valence-corrected chi connectivity index (χ3v) is 7.38. The van der Waals surface area contributed by atoms with Gasteiger partial charge in [0.1, 0.15) is 4.90 Å². The Bertz CT molecular complexity index is 1010. The van der Waals surface area contributed by atoms with Crippen LogP contribution in [0.2, 0.25) is 0 Å². The number of hydrogen-bond acceptors (Lipinski definition) is 5. The average Bonchev–Trinajstić information content (AvgIpc) is 2.97. The second kappa shape index (κ2) is 8.64. The van der Waals surface area contributed by atoms with Gasteiger partial charge in [-0.2, -0.15) is 9.40 Å². The number of anilines is 1. The van der Waals surface area contributed by atoms with Crippen LogP contribution in [0.1, 0.15) is 28.9 Å². The Kier molecular flexibility index (Phi) is 6.40. The lowest BCUT2D eigenvalue weighted by molar-refractivity contribution is -0.116. The molecule has 0 unspecified atom stereocenters. The van der Waals surface area contributed by atoms with Crippen molar-refractivity contribution >= 4 is 21.6 Å². The quantitative estimate of drug-likeness (QED) is 0.773. The molecule has 1 aromatic heterocycles. The maximum absolute atomic E-state index is 13.0. The number of nitrogens with zero attached hydrogens (tertiary/aromatic N) is 3. The molecule has 2 heterocycles. The van der Waals surface area contributed by atoms with Gasteiger partial charge in [0, 0.05) is 25.2 Å². The molecule has 8 nitrogen and oxygen atoms in total. The predicted molar refractivity (Wildman–Crippen MR) is 110 cm³/mol. The molecule has 0 spiro atoms. The van der Waals surface area contributed by atoms with Crippen LogP contribution in [-0.4, -0.2) is 54.7 Å². The summed E-state index contributed by atoms with van der Waals surface area (Å²) in [6.45, 7) is 9.20. The van der Waals surface area contributed by atoms with Crippen molar-refractivity contribution in [3.8, 4) is 0 Å². The van der Waals surface area contributed by atoms with Crippen LogP contribution in [0, 0.1) is 27.7 Å². The number of carbonyl (C=O) groups excluding carboxylic acids is 1. The van der Waals surface area contributed by atoms with Crippen LogP contribution in [0.4, 0.5) is 5.69 Å². The summed E-state index contributed by atoms with van der Waals surface area (Å²) in [5, 5.41) is 7.26. The average molecular weight is 421 g/mol. The number of sulfonamides is 1. The second-order valence-corrected chi connectivity index (χ2v) is 9.21. The van der Waals surface area contributed by atoms with Crippen molar-refractivity contribution in [2.75, 3.05) is 31.6 Å². The van der Waals surface area contributed by atoms with Crippen molar-refractivity contribution < 1.29 is 17.9 Å². The summed E-state index contributed by atoms with van der Waals surface area (Å²) in [5.74, 6) is -0.140. The van der Waals surface area contributed by atoms with Crippen LogP contribution in [-0.2, 0) is 26.1 Å². The molecular formula is C20H28N4O4S. The summed E-state index contributed by atoms with van der Waals surface area (Å²) in [6, 6.07) is 5.77. The molecule has 158 valence electrons. The van der Waals surface area contributed by atoms with Crippen LogP contribution in [0.25, 0.3) is 0 Å². The number of aryl methyl sites for hydroxylation is 4. The molecule has 0 atom stereocenters. The van der Waals surface area contributed by atoms with E-state index in [1.165, 1.54) is 9.87 Å². The zero-order valence-electron chi connectivity index (χ0n) is 17.4. The fraction of sp³-hybridized carbons (Fsp3) is 0.500. The fourth-order valence-corrected chi connectivity index (χ4v) is 5.22. The van der Waals surface area contributed by atoms with E-state index in [0.717, 1.165) is 11.3 Å². The van der Waals surface area contributed by atoms with Crippen LogP contribution in [0.15, 0.2) is 23.1 Å². The Balaban J connectivity index is 1.69. The maximum Gasteiger partial charge on any atom is 0.246 e. The Morgan fingerprint density at radius 3 is 2.48 bits per heavy atom. The highest BCUT2D eigenvalue weighted by Gasteiger charge is 2.32. The number of rotatable bonds is 6. The Morgan fingerprint density at radius 2 is 1.83 bits per heavy atom. The smallest absolute Gasteiger partial charge is 0.246 e. The molecule has 9 heteroatoms. The molecular weight excluding hydrogens is 392 g/mol. The number of hydrogen-bond donors (Lipinski definition) is 1. The van der Waals surface area contributed by atoms with Gasteiger partial charge in [0.2, 0.25) is 15.9 Å². The predicted octanol–water partition coefficient (Wildman–Crippen LogP) is 2.17. The lowest BCUT2D eigenvalue weighted by Gasteiger charge is -2.26. The first-order chi connectivity index (χ1) is 13.7. The lowest BCUT2D eigenvalue weighted by Crippen LogP contribution is -2.41. The third-order valence-electron chi connectivity index (χ3n) is 5.22. The van der Waals surface area contributed by atoms with Crippen molar-refractivity contribution in [1.82, 2.24) is 14.1 Å². The van der Waals surface area contributed by atoms with Gasteiger partial charge in [0.05, 0.1) is 31.1 Å². The largest absolute Gasteiger partial charge is 0.379 e. The maximum atomic E-state index is 13.0. The van der Waals surface area contributed by atoms with Gasteiger partial charge in [0.15, 0.2) is 0 Å². The van der Waals surface area contributed by atoms with Crippen molar-refractivity contribution in [3.05, 3.63) is 40.7 Å². The number of amides is 1. The molecule has 0 bridgehead atoms. The molecule has 1 aromatic carbocycles. The highest BCUT2D eigenvalue weighted by atomic mass is 32.2. The van der Waals surface area contributed by atoms with Crippen molar-refractivity contribution in [2.45, 2.75) is 45.6 Å². The van der Waals surface area contributed by atoms with E-state index in [1.807, 2.05) is 32.0 Å². The number of aromatic nitrogens is 2. The SMILES string of the molecule is Cc1ccc(NC(=O)CCn2nc(C)c(S(=O)(=O)N3CCOCC3)c2C)cc1C. The zero-order chi connectivity index (χ0) is 21.2. The second-order valence-electron chi connectivity index (χ2n) is 7.34. The molecule has 1 fully saturated rings. The molecule has 1 saturated heterocycles. The molecule has 1 aliphatic rings. The van der Waals surface area contributed by atoms with E-state index in [-0.39, 0.29) is 17.2 Å². The zero-order valence-corrected chi connectivity index (χ0v) is 18.2. The highest BCUT2D eigenvalue weighted by Crippen LogP contribution is 2.24. The van der Waals surface area contributed by atoms with Gasteiger partial charge in [0.25, 0.3) is 0 Å². The third kappa shape index (κ3) is 4.68. The van der Waals surface area contributed by atoms with E-state index in [9.17, 15) is 13.2 Å². The van der Waals surface area contributed by atoms with Crippen molar-refractivity contribution in [2.24, 2.45) is 0 Å². The molecule has 0 saturated carbocycles. The number of benzene rings is 1. The summed E-state index contributed by atoms with van der Waals surface area (Å²) in [4.78, 5) is 12.6. The van der Waals surface area contributed by atoms with Crippen molar-refractivity contribution in [1.29, 1.82) is 0 Å². The Morgan fingerprint density at radius 1 is 1.14 bits per heavy atom. The molecule has 1 aliphatic heterocycles. The summed E-state index contributed by atoms with van der Waals surface area (Å²) in [7, 11) is -3.63. The number of morpholine rings is 1. The van der Waals surface area contributed by atoms with Crippen molar-refractivity contribution in [3.63, 3.8) is 0 Å². The van der Waals surface area contributed by atoms with E-state index in [0.29, 0.717) is 44.2 Å². The number of nitrogens with one attached hydrogen (secondary N) is 1. The van der Waals surface area contributed by atoms with Crippen LogP contribution >= 0.6 is 0 Å². The minimum absolute atomic E-state index is 0.140. The molecule has 0 aliphatic carbocycles. The van der Waals surface area contributed by atoms with E-state index < -0.39 is 10.0 Å². The van der Waals surface area contributed by atoms with Gasteiger partial charge in [-0.15, -0.1) is 0 Å². The standard InChI is InChI=1S/C20H28N4O4S/c1-14-5-6-18(13-15(14)2)21-19(25)7-8-24-17(4)20(16(3)22-24)29(26,27)23-9-11-28-12-10-23/h5-6,13H,7-12H2,1-4H3,(H,21,25). The first kappa shape index (κ1) is 21.5. The van der Waals surface area contributed by atoms with E-state index in [4.69, 9.17) is 4.74 Å². The fourth-order valence-electron chi connectivity index (χ4n) is 3.44. The van der Waals surface area contributed by atoms with Gasteiger partial charge < -0.3 is 10.1 Å². The number of ether oxygens (including phenoxy) is 1. The first-order valence-electron chi connectivity index (χ1n) is 9.69. The molecule has 2 aromatic rings. The highest BCUT2D eigenvalue weighted by molar-refractivity contribution is 7.89. The molecule has 3 rings (SSSR count). The molecule has 29 heavy (non-hydrogen) atoms. The number of carbonyl (C=O) groups is 1. The molecule has 1 amide bonds. The van der Waals surface area contributed by atoms with Crippen LogP contribution < -0.4 is 5.32 Å². The van der Waals surface area contributed by atoms with Gasteiger partial charge in [-0.1, -0.05) is 6.07 Å². The summed E-state index contributed by atoms with van der Waals surface area (Å²) < 4.78 is 34.3. The molecule has 0 radical (unpaired) electrons. The van der Waals surface area contributed by atoms with E-state index >= 15 is 0 Å². The Labute approximate surface area is 171 Å². The van der Waals surface area contributed by atoms with Crippen LogP contribution in [0.5, 0.6) is 0 Å². The van der Waals surface area contributed by atoms with E-state index in [1.54, 1.807) is 18.5 Å².